The van der Waals surface area contributed by atoms with Gasteiger partial charge in [0.15, 0.2) is 5.82 Å². The molecule has 0 aliphatic carbocycles. The van der Waals surface area contributed by atoms with Crippen LogP contribution in [0.1, 0.15) is 5.56 Å². The molecule has 0 fully saturated rings. The molecule has 5 heteroatoms. The van der Waals surface area contributed by atoms with Crippen molar-refractivity contribution in [2.24, 2.45) is 12.8 Å². The molecule has 0 unspecified atom stereocenters. The molecule has 0 atom stereocenters. The van der Waals surface area contributed by atoms with Gasteiger partial charge < -0.3 is 5.73 Å². The number of rotatable bonds is 2. The Morgan fingerprint density at radius 1 is 1.47 bits per heavy atom. The number of aryl methyl sites for hydroxylation is 1. The Kier molecular flexibility index (Phi) is 2.47. The van der Waals surface area contributed by atoms with Gasteiger partial charge in [-0.3, -0.25) is 0 Å². The molecule has 2 rings (SSSR count). The van der Waals surface area contributed by atoms with Crippen LogP contribution < -0.4 is 5.73 Å². The van der Waals surface area contributed by atoms with Gasteiger partial charge in [-0.05, 0) is 17.7 Å². The van der Waals surface area contributed by atoms with Gasteiger partial charge >= 0.3 is 0 Å². The maximum absolute atomic E-state index is 13.1. The summed E-state index contributed by atoms with van der Waals surface area (Å²) in [7, 11) is 1.76. The van der Waals surface area contributed by atoms with E-state index in [0.29, 0.717) is 17.9 Å². The van der Waals surface area contributed by atoms with Crippen LogP contribution in [0.2, 0.25) is 0 Å². The molecule has 0 aliphatic heterocycles. The zero-order valence-corrected chi connectivity index (χ0v) is 8.31. The third-order valence-corrected chi connectivity index (χ3v) is 2.24. The molecule has 2 aromatic rings. The molecule has 78 valence electrons. The van der Waals surface area contributed by atoms with Crippen LogP contribution in [0.5, 0.6) is 0 Å². The number of halogens is 1. The van der Waals surface area contributed by atoms with Crippen LogP contribution in [-0.2, 0) is 13.6 Å². The van der Waals surface area contributed by atoms with Crippen molar-refractivity contribution < 1.29 is 4.39 Å². The van der Waals surface area contributed by atoms with Gasteiger partial charge in [-0.2, -0.15) is 5.10 Å². The molecule has 0 amide bonds. The Bertz CT molecular complexity index is 478. The molecule has 4 nitrogen and oxygen atoms in total. The first kappa shape index (κ1) is 9.79. The second-order valence-corrected chi connectivity index (χ2v) is 3.21. The third-order valence-electron chi connectivity index (χ3n) is 2.24. The normalized spacial score (nSPS) is 10.6. The zero-order valence-electron chi connectivity index (χ0n) is 8.31. The highest BCUT2D eigenvalue weighted by atomic mass is 19.1. The lowest BCUT2D eigenvalue weighted by Crippen LogP contribution is -2.03. The third kappa shape index (κ3) is 1.73. The van der Waals surface area contributed by atoms with Gasteiger partial charge in [0, 0.05) is 19.2 Å². The minimum Gasteiger partial charge on any atom is -0.326 e. The van der Waals surface area contributed by atoms with Crippen molar-refractivity contribution in [1.29, 1.82) is 0 Å². The van der Waals surface area contributed by atoms with Crippen molar-refractivity contribution in [1.82, 2.24) is 14.8 Å². The molecule has 15 heavy (non-hydrogen) atoms. The summed E-state index contributed by atoms with van der Waals surface area (Å²) in [5.74, 6) is 0.320. The smallest absolute Gasteiger partial charge is 0.158 e. The predicted molar refractivity (Wildman–Crippen MR) is 54.3 cm³/mol. The van der Waals surface area contributed by atoms with E-state index in [1.807, 2.05) is 0 Å². The summed E-state index contributed by atoms with van der Waals surface area (Å²) < 4.78 is 14.7. The quantitative estimate of drug-likeness (QED) is 0.799. The monoisotopic (exact) mass is 206 g/mol. The largest absolute Gasteiger partial charge is 0.326 e. The van der Waals surface area contributed by atoms with Crippen LogP contribution >= 0.6 is 0 Å². The van der Waals surface area contributed by atoms with E-state index in [9.17, 15) is 4.39 Å². The van der Waals surface area contributed by atoms with Gasteiger partial charge in [0.25, 0.3) is 0 Å². The fourth-order valence-electron chi connectivity index (χ4n) is 1.47. The summed E-state index contributed by atoms with van der Waals surface area (Å²) in [5.41, 5.74) is 7.12. The highest BCUT2D eigenvalue weighted by Gasteiger charge is 2.10. The second kappa shape index (κ2) is 3.78. The van der Waals surface area contributed by atoms with E-state index < -0.39 is 0 Å². The lowest BCUT2D eigenvalue weighted by Gasteiger charge is -2.06. The van der Waals surface area contributed by atoms with E-state index >= 15 is 0 Å². The van der Waals surface area contributed by atoms with Gasteiger partial charge in [0.05, 0.1) is 0 Å². The summed E-state index contributed by atoms with van der Waals surface area (Å²) in [6.07, 6.45) is 1.43. The minimum absolute atomic E-state index is 0.301. The number of benzene rings is 1. The summed E-state index contributed by atoms with van der Waals surface area (Å²) in [5, 5.41) is 3.94. The van der Waals surface area contributed by atoms with E-state index in [4.69, 9.17) is 5.73 Å². The fraction of sp³-hybridized carbons (Fsp3) is 0.200. The van der Waals surface area contributed by atoms with Crippen LogP contribution in [0.15, 0.2) is 24.5 Å². The van der Waals surface area contributed by atoms with Crippen molar-refractivity contribution in [2.75, 3.05) is 0 Å². The molecule has 0 radical (unpaired) electrons. The lowest BCUT2D eigenvalue weighted by atomic mass is 10.1. The van der Waals surface area contributed by atoms with E-state index in [1.54, 1.807) is 17.8 Å². The van der Waals surface area contributed by atoms with Gasteiger partial charge in [-0.1, -0.05) is 6.07 Å². The summed E-state index contributed by atoms with van der Waals surface area (Å²) in [6, 6.07) is 4.48. The summed E-state index contributed by atoms with van der Waals surface area (Å²) in [6.45, 7) is 0.350. The Balaban J connectivity index is 2.60. The molecular formula is C10H11FN4. The number of hydrogen-bond donors (Lipinski definition) is 1. The van der Waals surface area contributed by atoms with Gasteiger partial charge in [-0.15, -0.1) is 0 Å². The first-order valence-corrected chi connectivity index (χ1v) is 4.55. The van der Waals surface area contributed by atoms with Crippen molar-refractivity contribution in [3.05, 3.63) is 35.9 Å². The molecule has 0 saturated heterocycles. The topological polar surface area (TPSA) is 56.7 Å². The van der Waals surface area contributed by atoms with Crippen LogP contribution in [0.4, 0.5) is 4.39 Å². The van der Waals surface area contributed by atoms with Crippen molar-refractivity contribution in [3.8, 4) is 11.4 Å². The van der Waals surface area contributed by atoms with E-state index in [-0.39, 0.29) is 5.82 Å². The van der Waals surface area contributed by atoms with E-state index in [2.05, 4.69) is 10.1 Å². The fourth-order valence-corrected chi connectivity index (χ4v) is 1.47. The first-order valence-electron chi connectivity index (χ1n) is 4.55. The molecule has 1 heterocycles. The average Bonchev–Trinajstić information content (AvgIpc) is 2.64. The average molecular weight is 206 g/mol. The van der Waals surface area contributed by atoms with Crippen LogP contribution in [0, 0.1) is 5.82 Å². The van der Waals surface area contributed by atoms with Crippen LogP contribution in [0.3, 0.4) is 0 Å². The minimum atomic E-state index is -0.301. The standard InChI is InChI=1S/C10H11FN4/c1-15-10(13-6-14-15)9-4-8(11)3-2-7(9)5-12/h2-4,6H,5,12H2,1H3. The van der Waals surface area contributed by atoms with Crippen molar-refractivity contribution in [2.45, 2.75) is 6.54 Å². The molecule has 0 aliphatic rings. The number of nitrogens with two attached hydrogens (primary N) is 1. The first-order chi connectivity index (χ1) is 7.22. The summed E-state index contributed by atoms with van der Waals surface area (Å²) in [4.78, 5) is 4.07. The second-order valence-electron chi connectivity index (χ2n) is 3.21. The summed E-state index contributed by atoms with van der Waals surface area (Å²) >= 11 is 0. The van der Waals surface area contributed by atoms with Crippen LogP contribution in [0.25, 0.3) is 11.4 Å². The van der Waals surface area contributed by atoms with E-state index in [0.717, 1.165) is 5.56 Å². The maximum Gasteiger partial charge on any atom is 0.158 e. The van der Waals surface area contributed by atoms with E-state index in [1.165, 1.54) is 18.5 Å². The molecule has 0 bridgehead atoms. The van der Waals surface area contributed by atoms with Crippen molar-refractivity contribution in [3.63, 3.8) is 0 Å². The van der Waals surface area contributed by atoms with Crippen LogP contribution in [-0.4, -0.2) is 14.8 Å². The van der Waals surface area contributed by atoms with Crippen molar-refractivity contribution >= 4 is 0 Å². The van der Waals surface area contributed by atoms with Gasteiger partial charge in [0.1, 0.15) is 12.1 Å². The highest BCUT2D eigenvalue weighted by molar-refractivity contribution is 5.60. The van der Waals surface area contributed by atoms with Gasteiger partial charge in [-0.25, -0.2) is 14.1 Å². The Morgan fingerprint density at radius 2 is 2.27 bits per heavy atom. The Morgan fingerprint density at radius 3 is 2.87 bits per heavy atom. The zero-order chi connectivity index (χ0) is 10.8. The van der Waals surface area contributed by atoms with Gasteiger partial charge in [0.2, 0.25) is 0 Å². The molecule has 1 aromatic heterocycles. The lowest BCUT2D eigenvalue weighted by molar-refractivity contribution is 0.627. The highest BCUT2D eigenvalue weighted by Crippen LogP contribution is 2.21. The molecule has 2 N–H and O–H groups in total. The maximum atomic E-state index is 13.1. The SMILES string of the molecule is Cn1ncnc1-c1cc(F)ccc1CN. The Hall–Kier alpha value is -1.75. The number of nitrogens with zero attached hydrogens (tertiary/aromatic N) is 3. The Labute approximate surface area is 86.6 Å². The molecule has 1 aromatic carbocycles. The predicted octanol–water partition coefficient (Wildman–Crippen LogP) is 1.08. The number of aromatic nitrogens is 3. The number of hydrogen-bond acceptors (Lipinski definition) is 3. The molecule has 0 spiro atoms. The molecule has 0 saturated carbocycles. The molecular weight excluding hydrogens is 195 g/mol.